The van der Waals surface area contributed by atoms with E-state index in [2.05, 4.69) is 5.32 Å². The van der Waals surface area contributed by atoms with E-state index in [4.69, 9.17) is 9.47 Å². The summed E-state index contributed by atoms with van der Waals surface area (Å²) in [4.78, 5) is 13.9. The van der Waals surface area contributed by atoms with Crippen LogP contribution in [0.1, 0.15) is 36.1 Å². The molecule has 2 N–H and O–H groups in total. The molecule has 2 aromatic rings. The number of amides is 1. The number of carbonyl (C=O) groups excluding carboxylic acids is 1. The Balaban J connectivity index is 1.78. The highest BCUT2D eigenvalue weighted by Gasteiger charge is 2.38. The molecule has 156 valence electrons. The average Bonchev–Trinajstić information content (AvgIpc) is 3.26. The van der Waals surface area contributed by atoms with Gasteiger partial charge in [0.1, 0.15) is 5.82 Å². The minimum absolute atomic E-state index is 0.00870. The second-order valence-electron chi connectivity index (χ2n) is 6.85. The number of hydrogen-bond donors (Lipinski definition) is 2. The first kappa shape index (κ1) is 21.5. The molecule has 0 saturated carbocycles. The van der Waals surface area contributed by atoms with Crippen LogP contribution in [0.25, 0.3) is 0 Å². The van der Waals surface area contributed by atoms with Crippen molar-refractivity contribution in [1.82, 2.24) is 5.32 Å². The maximum absolute atomic E-state index is 13.0. The van der Waals surface area contributed by atoms with E-state index in [-0.39, 0.29) is 42.5 Å². The van der Waals surface area contributed by atoms with Gasteiger partial charge in [0.25, 0.3) is 5.91 Å². The Kier molecular flexibility index (Phi) is 7.80. The lowest BCUT2D eigenvalue weighted by atomic mass is 9.84. The Morgan fingerprint density at radius 2 is 2.10 bits per heavy atom. The number of nitrogens with one attached hydrogen (secondary N) is 1. The maximum Gasteiger partial charge on any atom is 0.286 e. The third kappa shape index (κ3) is 5.65. The molecule has 0 aliphatic carbocycles. The van der Waals surface area contributed by atoms with Crippen LogP contribution in [0.4, 0.5) is 4.39 Å². The number of hydrogen-bond acceptors (Lipinski definition) is 5. The number of carbonyl (C=O) groups is 1. The molecule has 1 aromatic carbocycles. The lowest BCUT2D eigenvalue weighted by Crippen LogP contribution is -2.38. The molecule has 3 rings (SSSR count). The zero-order valence-corrected chi connectivity index (χ0v) is 17.2. The molecule has 29 heavy (non-hydrogen) atoms. The summed E-state index contributed by atoms with van der Waals surface area (Å²) in [6.45, 7) is 2.72. The van der Waals surface area contributed by atoms with Gasteiger partial charge in [0.15, 0.2) is 5.76 Å². The summed E-state index contributed by atoms with van der Waals surface area (Å²) in [5.74, 6) is -0.441. The van der Waals surface area contributed by atoms with Gasteiger partial charge in [0.05, 0.1) is 0 Å². The largest absolute Gasteiger partial charge is 0.459 e. The highest BCUT2D eigenvalue weighted by atomic mass is 32.1. The van der Waals surface area contributed by atoms with Crippen molar-refractivity contribution in [3.8, 4) is 0 Å². The number of allylic oxidation sites excluding steroid dienone is 1. The van der Waals surface area contributed by atoms with Crippen molar-refractivity contribution >= 4 is 17.2 Å². The Morgan fingerprint density at radius 3 is 2.76 bits per heavy atom. The van der Waals surface area contributed by atoms with Crippen molar-refractivity contribution in [2.45, 2.75) is 38.5 Å². The Morgan fingerprint density at radius 1 is 1.31 bits per heavy atom. The number of thiophene rings is 1. The maximum atomic E-state index is 13.0. The van der Waals surface area contributed by atoms with E-state index in [1.807, 2.05) is 30.5 Å². The highest BCUT2D eigenvalue weighted by Crippen LogP contribution is 2.40. The summed E-state index contributed by atoms with van der Waals surface area (Å²) in [6, 6.07) is 10.0. The molecule has 3 atom stereocenters. The molecule has 7 heteroatoms. The van der Waals surface area contributed by atoms with Gasteiger partial charge >= 0.3 is 0 Å². The lowest BCUT2D eigenvalue weighted by molar-refractivity contribution is -0.166. The SMILES string of the molecule is CCO[C@@H]1OC(C(=O)NCc2ccc(F)cc2)=C[C@H](c2cccs2)[C@@H]1CCCO. The van der Waals surface area contributed by atoms with Gasteiger partial charge in [0.2, 0.25) is 6.29 Å². The molecular weight excluding hydrogens is 393 g/mol. The van der Waals surface area contributed by atoms with Crippen molar-refractivity contribution in [3.63, 3.8) is 0 Å². The standard InChI is InChI=1S/C22H26FNO4S/c1-2-27-22-17(5-3-11-25)18(20-6-4-12-29-20)13-19(28-22)21(26)24-14-15-7-9-16(23)10-8-15/h4,6-10,12-13,17-18,22,25H,2-3,5,11,14H2,1H3,(H,24,26)/t17-,18-,22+/m0/s1. The van der Waals surface area contributed by atoms with Crippen molar-refractivity contribution in [2.24, 2.45) is 5.92 Å². The van der Waals surface area contributed by atoms with Crippen molar-refractivity contribution in [2.75, 3.05) is 13.2 Å². The summed E-state index contributed by atoms with van der Waals surface area (Å²) >= 11 is 1.63. The topological polar surface area (TPSA) is 67.8 Å². The summed E-state index contributed by atoms with van der Waals surface area (Å²) in [6.07, 6.45) is 2.66. The second kappa shape index (κ2) is 10.5. The van der Waals surface area contributed by atoms with E-state index in [1.165, 1.54) is 12.1 Å². The number of ether oxygens (including phenoxy) is 2. The van der Waals surface area contributed by atoms with E-state index in [1.54, 1.807) is 23.5 Å². The third-order valence-corrected chi connectivity index (χ3v) is 5.85. The van der Waals surface area contributed by atoms with E-state index in [0.29, 0.717) is 13.0 Å². The van der Waals surface area contributed by atoms with Crippen LogP contribution in [-0.4, -0.2) is 30.5 Å². The lowest BCUT2D eigenvalue weighted by Gasteiger charge is -2.36. The zero-order chi connectivity index (χ0) is 20.6. The van der Waals surface area contributed by atoms with E-state index in [9.17, 15) is 14.3 Å². The van der Waals surface area contributed by atoms with Crippen molar-refractivity contribution < 1.29 is 23.8 Å². The molecule has 0 bridgehead atoms. The van der Waals surface area contributed by atoms with Gasteiger partial charge in [-0.1, -0.05) is 18.2 Å². The molecule has 0 radical (unpaired) electrons. The van der Waals surface area contributed by atoms with Crippen molar-refractivity contribution in [1.29, 1.82) is 0 Å². The summed E-state index contributed by atoms with van der Waals surface area (Å²) in [5.41, 5.74) is 0.799. The Labute approximate surface area is 174 Å². The Bertz CT molecular complexity index is 807. The van der Waals surface area contributed by atoms with Crippen LogP contribution in [0.5, 0.6) is 0 Å². The third-order valence-electron chi connectivity index (χ3n) is 4.87. The van der Waals surface area contributed by atoms with Gasteiger partial charge in [-0.2, -0.15) is 0 Å². The molecule has 1 aliphatic heterocycles. The monoisotopic (exact) mass is 419 g/mol. The average molecular weight is 420 g/mol. The fraction of sp³-hybridized carbons (Fsp3) is 0.409. The van der Waals surface area contributed by atoms with Gasteiger partial charge in [-0.05, 0) is 55.0 Å². The number of rotatable bonds is 9. The minimum Gasteiger partial charge on any atom is -0.459 e. The van der Waals surface area contributed by atoms with Gasteiger partial charge in [-0.3, -0.25) is 4.79 Å². The summed E-state index contributed by atoms with van der Waals surface area (Å²) in [7, 11) is 0. The van der Waals surface area contributed by atoms with Gasteiger partial charge in [-0.15, -0.1) is 11.3 Å². The van der Waals surface area contributed by atoms with Crippen LogP contribution in [0.3, 0.4) is 0 Å². The van der Waals surface area contributed by atoms with Gasteiger partial charge in [0, 0.05) is 36.5 Å². The minimum atomic E-state index is -0.560. The van der Waals surface area contributed by atoms with Crippen LogP contribution in [0.15, 0.2) is 53.6 Å². The fourth-order valence-corrected chi connectivity index (χ4v) is 4.32. The fourth-order valence-electron chi connectivity index (χ4n) is 3.45. The molecule has 0 spiro atoms. The molecule has 0 fully saturated rings. The first-order valence-corrected chi connectivity index (χ1v) is 10.7. The van der Waals surface area contributed by atoms with Crippen molar-refractivity contribution in [3.05, 3.63) is 69.9 Å². The summed E-state index contributed by atoms with van der Waals surface area (Å²) < 4.78 is 24.8. The molecular formula is C22H26FNO4S. The number of halogens is 1. The molecule has 2 heterocycles. The molecule has 1 aromatic heterocycles. The second-order valence-corrected chi connectivity index (χ2v) is 7.83. The number of aliphatic hydroxyl groups is 1. The predicted molar refractivity (Wildman–Crippen MR) is 110 cm³/mol. The number of aliphatic hydroxyl groups excluding tert-OH is 1. The highest BCUT2D eigenvalue weighted by molar-refractivity contribution is 7.10. The van der Waals surface area contributed by atoms with Crippen LogP contribution >= 0.6 is 11.3 Å². The van der Waals surface area contributed by atoms with Crippen LogP contribution in [0.2, 0.25) is 0 Å². The van der Waals surface area contributed by atoms with E-state index < -0.39 is 6.29 Å². The Hall–Kier alpha value is -2.22. The number of benzene rings is 1. The molecule has 1 amide bonds. The smallest absolute Gasteiger partial charge is 0.286 e. The zero-order valence-electron chi connectivity index (χ0n) is 16.3. The van der Waals surface area contributed by atoms with Crippen LogP contribution in [0, 0.1) is 11.7 Å². The predicted octanol–water partition coefficient (Wildman–Crippen LogP) is 3.95. The van der Waals surface area contributed by atoms with Crippen LogP contribution in [-0.2, 0) is 20.8 Å². The van der Waals surface area contributed by atoms with E-state index >= 15 is 0 Å². The normalized spacial score (nSPS) is 21.3. The first-order chi connectivity index (χ1) is 14.1. The first-order valence-electron chi connectivity index (χ1n) is 9.79. The summed E-state index contributed by atoms with van der Waals surface area (Å²) in [5, 5.41) is 14.1. The molecule has 1 aliphatic rings. The van der Waals surface area contributed by atoms with Crippen LogP contribution < -0.4 is 5.32 Å². The molecule has 0 saturated heterocycles. The molecule has 0 unspecified atom stereocenters. The van der Waals surface area contributed by atoms with E-state index in [0.717, 1.165) is 16.9 Å². The molecule has 5 nitrogen and oxygen atoms in total. The quantitative estimate of drug-likeness (QED) is 0.646. The van der Waals surface area contributed by atoms with Gasteiger partial charge < -0.3 is 19.9 Å². The van der Waals surface area contributed by atoms with Gasteiger partial charge in [-0.25, -0.2) is 4.39 Å².